The van der Waals surface area contributed by atoms with Gasteiger partial charge in [-0.15, -0.1) is 23.1 Å². The highest BCUT2D eigenvalue weighted by Crippen LogP contribution is 2.33. The van der Waals surface area contributed by atoms with Gasteiger partial charge in [-0.05, 0) is 65.6 Å². The standard InChI is InChI=1S/C27H25N3O3S3/c1-19-9-7-12-23-26(19)20(18-35-23)17-22-27(28-24-13-5-6-15-30(22)24)34-16-8-14-25(31)29-36(32,33)21-10-3-2-4-11-21/h2-7,9-13,15,18H,8,14,16-17H2,1H3,(H,29,31). The molecule has 5 rings (SSSR count). The minimum Gasteiger partial charge on any atom is -0.303 e. The number of aromatic nitrogens is 2. The van der Waals surface area contributed by atoms with Gasteiger partial charge in [0.25, 0.3) is 10.0 Å². The number of nitrogens with zero attached hydrogens (tertiary/aromatic N) is 2. The summed E-state index contributed by atoms with van der Waals surface area (Å²) in [7, 11) is -3.84. The molecule has 0 radical (unpaired) electrons. The number of carbonyl (C=O) groups excluding carboxylic acids is 1. The first-order valence-corrected chi connectivity index (χ1v) is 14.9. The van der Waals surface area contributed by atoms with Crippen LogP contribution >= 0.6 is 23.1 Å². The molecule has 0 unspecified atom stereocenters. The number of pyridine rings is 1. The van der Waals surface area contributed by atoms with Gasteiger partial charge >= 0.3 is 0 Å². The molecule has 3 aromatic heterocycles. The van der Waals surface area contributed by atoms with E-state index in [1.807, 2.05) is 24.4 Å². The molecule has 0 atom stereocenters. The third-order valence-electron chi connectivity index (χ3n) is 5.92. The Hall–Kier alpha value is -3.14. The Morgan fingerprint density at radius 2 is 1.86 bits per heavy atom. The second kappa shape index (κ2) is 10.5. The predicted molar refractivity (Wildman–Crippen MR) is 146 cm³/mol. The maximum Gasteiger partial charge on any atom is 0.264 e. The molecule has 3 heterocycles. The quantitative estimate of drug-likeness (QED) is 0.190. The molecule has 1 amide bonds. The number of sulfonamides is 1. The van der Waals surface area contributed by atoms with Crippen molar-refractivity contribution in [2.45, 2.75) is 36.1 Å². The Morgan fingerprint density at radius 1 is 1.06 bits per heavy atom. The van der Waals surface area contributed by atoms with Gasteiger partial charge in [0.1, 0.15) is 10.7 Å². The number of nitrogens with one attached hydrogen (secondary N) is 1. The van der Waals surface area contributed by atoms with Crippen LogP contribution in [-0.4, -0.2) is 29.5 Å². The Balaban J connectivity index is 1.27. The van der Waals surface area contributed by atoms with Crippen LogP contribution in [0.1, 0.15) is 29.7 Å². The summed E-state index contributed by atoms with van der Waals surface area (Å²) in [6, 6.07) is 20.3. The lowest BCUT2D eigenvalue weighted by Gasteiger charge is -2.07. The zero-order valence-electron chi connectivity index (χ0n) is 19.7. The summed E-state index contributed by atoms with van der Waals surface area (Å²) in [6.07, 6.45) is 3.45. The maximum atomic E-state index is 12.4. The predicted octanol–water partition coefficient (Wildman–Crippen LogP) is 5.83. The zero-order valence-corrected chi connectivity index (χ0v) is 22.1. The van der Waals surface area contributed by atoms with E-state index in [-0.39, 0.29) is 11.3 Å². The number of fused-ring (bicyclic) bond motifs is 2. The van der Waals surface area contributed by atoms with E-state index in [1.165, 1.54) is 33.3 Å². The SMILES string of the molecule is Cc1cccc2scc(Cc3c(SCCCC(=O)NS(=O)(=O)c4ccccc4)nc4ccccn34)c12. The summed E-state index contributed by atoms with van der Waals surface area (Å²) in [5.41, 5.74) is 4.56. The molecule has 0 saturated carbocycles. The van der Waals surface area contributed by atoms with Crippen LogP contribution in [0.4, 0.5) is 0 Å². The van der Waals surface area contributed by atoms with Crippen LogP contribution in [0.2, 0.25) is 0 Å². The number of benzene rings is 2. The van der Waals surface area contributed by atoms with Crippen molar-refractivity contribution in [2.24, 2.45) is 0 Å². The number of amides is 1. The van der Waals surface area contributed by atoms with E-state index in [1.54, 1.807) is 41.3 Å². The normalized spacial score (nSPS) is 11.8. The first-order valence-electron chi connectivity index (χ1n) is 11.6. The maximum absolute atomic E-state index is 12.4. The Labute approximate surface area is 218 Å². The highest BCUT2D eigenvalue weighted by atomic mass is 32.2. The monoisotopic (exact) mass is 535 g/mol. The van der Waals surface area contributed by atoms with Crippen LogP contribution in [0.5, 0.6) is 0 Å². The van der Waals surface area contributed by atoms with Gasteiger partial charge in [0.05, 0.1) is 10.6 Å². The minimum atomic E-state index is -3.84. The fourth-order valence-electron chi connectivity index (χ4n) is 4.22. The van der Waals surface area contributed by atoms with Crippen molar-refractivity contribution in [1.29, 1.82) is 0 Å². The molecule has 0 aliphatic heterocycles. The molecule has 1 N–H and O–H groups in total. The molecular formula is C27H25N3O3S3. The Kier molecular flexibility index (Phi) is 7.13. The lowest BCUT2D eigenvalue weighted by atomic mass is 10.0. The average molecular weight is 536 g/mol. The molecule has 0 saturated heterocycles. The number of hydrogen-bond donors (Lipinski definition) is 1. The molecule has 184 valence electrons. The van der Waals surface area contributed by atoms with Gasteiger partial charge in [0.2, 0.25) is 5.91 Å². The smallest absolute Gasteiger partial charge is 0.264 e. The fraction of sp³-hybridized carbons (Fsp3) is 0.185. The number of rotatable bonds is 9. The number of thioether (sulfide) groups is 1. The molecule has 0 fully saturated rings. The lowest BCUT2D eigenvalue weighted by molar-refractivity contribution is -0.119. The molecule has 5 aromatic rings. The Bertz CT molecular complexity index is 1640. The van der Waals surface area contributed by atoms with Crippen molar-refractivity contribution in [3.05, 3.63) is 95.1 Å². The minimum absolute atomic E-state index is 0.0817. The molecule has 36 heavy (non-hydrogen) atoms. The topological polar surface area (TPSA) is 80.5 Å². The summed E-state index contributed by atoms with van der Waals surface area (Å²) in [5, 5.41) is 4.47. The van der Waals surface area contributed by atoms with Crippen molar-refractivity contribution in [3.8, 4) is 0 Å². The third-order valence-corrected chi connectivity index (χ3v) is 9.40. The van der Waals surface area contributed by atoms with Gasteiger partial charge in [-0.25, -0.2) is 18.1 Å². The largest absolute Gasteiger partial charge is 0.303 e. The van der Waals surface area contributed by atoms with Crippen molar-refractivity contribution >= 4 is 54.8 Å². The highest BCUT2D eigenvalue weighted by molar-refractivity contribution is 7.99. The van der Waals surface area contributed by atoms with Crippen LogP contribution < -0.4 is 4.72 Å². The van der Waals surface area contributed by atoms with Crippen molar-refractivity contribution in [2.75, 3.05) is 5.75 Å². The van der Waals surface area contributed by atoms with E-state index < -0.39 is 15.9 Å². The molecule has 0 spiro atoms. The van der Waals surface area contributed by atoms with Gasteiger partial charge in [-0.2, -0.15) is 0 Å². The van der Waals surface area contributed by atoms with Crippen molar-refractivity contribution in [3.63, 3.8) is 0 Å². The summed E-state index contributed by atoms with van der Waals surface area (Å²) in [4.78, 5) is 17.2. The Morgan fingerprint density at radius 3 is 2.69 bits per heavy atom. The zero-order chi connectivity index (χ0) is 25.1. The molecule has 2 aromatic carbocycles. The van der Waals surface area contributed by atoms with Crippen LogP contribution in [0.15, 0.2) is 88.2 Å². The van der Waals surface area contributed by atoms with Gasteiger partial charge < -0.3 is 4.40 Å². The van der Waals surface area contributed by atoms with Crippen LogP contribution in [0.3, 0.4) is 0 Å². The molecule has 6 nitrogen and oxygen atoms in total. The lowest BCUT2D eigenvalue weighted by Crippen LogP contribution is -2.30. The van der Waals surface area contributed by atoms with E-state index in [4.69, 9.17) is 4.98 Å². The number of imidazole rings is 1. The summed E-state index contributed by atoms with van der Waals surface area (Å²) in [6.45, 7) is 2.14. The van der Waals surface area contributed by atoms with E-state index in [0.717, 1.165) is 22.8 Å². The van der Waals surface area contributed by atoms with Gasteiger partial charge in [0, 0.05) is 29.5 Å². The summed E-state index contributed by atoms with van der Waals surface area (Å²) in [5.74, 6) is 0.147. The van der Waals surface area contributed by atoms with Crippen LogP contribution in [0, 0.1) is 6.92 Å². The van der Waals surface area contributed by atoms with E-state index in [0.29, 0.717) is 12.2 Å². The van der Waals surface area contributed by atoms with E-state index in [9.17, 15) is 13.2 Å². The number of carbonyl (C=O) groups is 1. The van der Waals surface area contributed by atoms with E-state index >= 15 is 0 Å². The fourth-order valence-corrected chi connectivity index (χ4v) is 7.27. The van der Waals surface area contributed by atoms with E-state index in [2.05, 4.69) is 39.6 Å². The van der Waals surface area contributed by atoms with Gasteiger partial charge in [-0.1, -0.05) is 36.4 Å². The number of aryl methyl sites for hydroxylation is 1. The van der Waals surface area contributed by atoms with Crippen molar-refractivity contribution < 1.29 is 13.2 Å². The second-order valence-corrected chi connectivity index (χ2v) is 12.1. The summed E-state index contributed by atoms with van der Waals surface area (Å²) >= 11 is 3.36. The average Bonchev–Trinajstić information content (AvgIpc) is 3.45. The summed E-state index contributed by atoms with van der Waals surface area (Å²) < 4.78 is 30.3. The first kappa shape index (κ1) is 24.5. The van der Waals surface area contributed by atoms with Crippen LogP contribution in [-0.2, 0) is 21.2 Å². The van der Waals surface area contributed by atoms with Gasteiger partial charge in [-0.3, -0.25) is 4.79 Å². The molecule has 0 aliphatic rings. The second-order valence-electron chi connectivity index (χ2n) is 8.47. The number of hydrogen-bond acceptors (Lipinski definition) is 6. The van der Waals surface area contributed by atoms with Crippen LogP contribution in [0.25, 0.3) is 15.7 Å². The first-order chi connectivity index (χ1) is 17.4. The third kappa shape index (κ3) is 5.18. The molecule has 9 heteroatoms. The number of thiophene rings is 1. The molecule has 0 aliphatic carbocycles. The molecular weight excluding hydrogens is 511 g/mol. The van der Waals surface area contributed by atoms with Gasteiger partial charge in [0.15, 0.2) is 0 Å². The highest BCUT2D eigenvalue weighted by Gasteiger charge is 2.18. The molecule has 0 bridgehead atoms. The van der Waals surface area contributed by atoms with Crippen molar-refractivity contribution in [1.82, 2.24) is 14.1 Å².